The molecule has 1 aliphatic rings. The van der Waals surface area contributed by atoms with Crippen molar-refractivity contribution in [2.24, 2.45) is 0 Å². The molecule has 1 aliphatic heterocycles. The number of nitrogens with zero attached hydrogens (tertiary/aromatic N) is 1. The maximum Gasteiger partial charge on any atom is 0.298 e. The van der Waals surface area contributed by atoms with E-state index in [1.54, 1.807) is 36.4 Å². The molecule has 5 nitrogen and oxygen atoms in total. The van der Waals surface area contributed by atoms with Gasteiger partial charge in [0.1, 0.15) is 0 Å². The lowest BCUT2D eigenvalue weighted by Crippen LogP contribution is -2.27. The molecule has 1 N–H and O–H groups in total. The van der Waals surface area contributed by atoms with Crippen LogP contribution >= 0.6 is 27.7 Å². The summed E-state index contributed by atoms with van der Waals surface area (Å²) in [6.45, 7) is 2.21. The van der Waals surface area contributed by atoms with E-state index in [2.05, 4.69) is 15.9 Å². The Kier molecular flexibility index (Phi) is 5.15. The molecule has 0 aliphatic carbocycles. The topological polar surface area (TPSA) is 66.8 Å². The number of carbonyl (C=O) groups is 2. The Hall–Kier alpha value is -2.25. The summed E-state index contributed by atoms with van der Waals surface area (Å²) in [6, 6.07) is 12.0. The van der Waals surface area contributed by atoms with Gasteiger partial charge in [0.15, 0.2) is 11.5 Å². The van der Waals surface area contributed by atoms with Gasteiger partial charge in [0.2, 0.25) is 0 Å². The number of phenolic OH excluding ortho intramolecular Hbond substituents is 1. The molecule has 0 radical (unpaired) electrons. The summed E-state index contributed by atoms with van der Waals surface area (Å²) in [7, 11) is 0. The molecular formula is C18H14BrNO4S. The predicted octanol–water partition coefficient (Wildman–Crippen LogP) is 4.79. The molecule has 2 aromatic carbocycles. The van der Waals surface area contributed by atoms with Gasteiger partial charge in [0, 0.05) is 10.0 Å². The Morgan fingerprint density at radius 1 is 1.24 bits per heavy atom. The minimum Gasteiger partial charge on any atom is -0.504 e. The van der Waals surface area contributed by atoms with Crippen LogP contribution < -0.4 is 9.64 Å². The van der Waals surface area contributed by atoms with Crippen molar-refractivity contribution in [2.75, 3.05) is 11.5 Å². The van der Waals surface area contributed by atoms with E-state index >= 15 is 0 Å². The van der Waals surface area contributed by atoms with Crippen LogP contribution in [0.4, 0.5) is 10.5 Å². The minimum atomic E-state index is -0.418. The van der Waals surface area contributed by atoms with Crippen molar-refractivity contribution in [1.82, 2.24) is 0 Å². The highest BCUT2D eigenvalue weighted by atomic mass is 79.9. The lowest BCUT2D eigenvalue weighted by molar-refractivity contribution is -0.113. The second-order valence-corrected chi connectivity index (χ2v) is 7.04. The van der Waals surface area contributed by atoms with Gasteiger partial charge in [-0.25, -0.2) is 4.90 Å². The van der Waals surface area contributed by atoms with Crippen LogP contribution in [-0.2, 0) is 4.79 Å². The van der Waals surface area contributed by atoms with E-state index in [1.807, 2.05) is 13.0 Å². The molecule has 0 aromatic heterocycles. The van der Waals surface area contributed by atoms with Gasteiger partial charge in [-0.2, -0.15) is 0 Å². The van der Waals surface area contributed by atoms with Crippen LogP contribution in [0.15, 0.2) is 51.8 Å². The molecule has 2 aromatic rings. The fourth-order valence-electron chi connectivity index (χ4n) is 2.38. The summed E-state index contributed by atoms with van der Waals surface area (Å²) in [4.78, 5) is 26.2. The van der Waals surface area contributed by atoms with Crippen LogP contribution in [0.1, 0.15) is 12.5 Å². The van der Waals surface area contributed by atoms with Crippen molar-refractivity contribution in [2.45, 2.75) is 6.92 Å². The Bertz CT molecular complexity index is 867. The number of ether oxygens (including phenoxy) is 1. The smallest absolute Gasteiger partial charge is 0.298 e. The molecule has 1 heterocycles. The van der Waals surface area contributed by atoms with Crippen molar-refractivity contribution in [1.29, 1.82) is 0 Å². The van der Waals surface area contributed by atoms with E-state index in [9.17, 15) is 14.7 Å². The van der Waals surface area contributed by atoms with Gasteiger partial charge >= 0.3 is 0 Å². The van der Waals surface area contributed by atoms with Crippen molar-refractivity contribution < 1.29 is 19.4 Å². The molecule has 1 fully saturated rings. The Labute approximate surface area is 157 Å². The second-order valence-electron chi connectivity index (χ2n) is 5.13. The molecule has 7 heteroatoms. The van der Waals surface area contributed by atoms with Crippen LogP contribution in [0.25, 0.3) is 6.08 Å². The average Bonchev–Trinajstić information content (AvgIpc) is 2.86. The Balaban J connectivity index is 1.98. The van der Waals surface area contributed by atoms with E-state index < -0.39 is 5.91 Å². The molecule has 128 valence electrons. The maximum absolute atomic E-state index is 12.6. The zero-order valence-corrected chi connectivity index (χ0v) is 15.6. The van der Waals surface area contributed by atoms with E-state index in [1.165, 1.54) is 6.08 Å². The van der Waals surface area contributed by atoms with E-state index in [-0.39, 0.29) is 15.9 Å². The molecular weight excluding hydrogens is 406 g/mol. The number of aromatic hydroxyl groups is 1. The van der Waals surface area contributed by atoms with E-state index in [0.717, 1.165) is 16.7 Å². The molecule has 3 rings (SSSR count). The minimum absolute atomic E-state index is 0.0726. The number of thioether (sulfide) groups is 1. The highest BCUT2D eigenvalue weighted by Gasteiger charge is 2.36. The summed E-state index contributed by atoms with van der Waals surface area (Å²) in [5.74, 6) is -0.180. The number of amides is 2. The van der Waals surface area contributed by atoms with Crippen LogP contribution in [-0.4, -0.2) is 22.9 Å². The third kappa shape index (κ3) is 3.57. The lowest BCUT2D eigenvalue weighted by Gasteiger charge is -2.12. The second kappa shape index (κ2) is 7.33. The quantitative estimate of drug-likeness (QED) is 0.721. The third-order valence-corrected chi connectivity index (χ3v) is 4.79. The molecule has 2 amide bonds. The largest absolute Gasteiger partial charge is 0.504 e. The van der Waals surface area contributed by atoms with Crippen molar-refractivity contribution in [3.8, 4) is 11.5 Å². The number of benzene rings is 2. The Morgan fingerprint density at radius 2 is 1.96 bits per heavy atom. The number of anilines is 1. The number of imide groups is 1. The number of rotatable bonds is 4. The number of phenols is 1. The first-order valence-electron chi connectivity index (χ1n) is 7.49. The maximum atomic E-state index is 12.6. The molecule has 0 spiro atoms. The van der Waals surface area contributed by atoms with Gasteiger partial charge < -0.3 is 9.84 Å². The molecule has 0 saturated carbocycles. The van der Waals surface area contributed by atoms with Crippen LogP contribution in [0.5, 0.6) is 11.5 Å². The first-order chi connectivity index (χ1) is 12.0. The molecule has 0 bridgehead atoms. The summed E-state index contributed by atoms with van der Waals surface area (Å²) in [6.07, 6.45) is 1.50. The standard InChI is InChI=1S/C18H14BrNO4S/c1-2-24-14-10-12(19)8-11(16(14)21)9-15-17(22)20(18(23)25-15)13-6-4-3-5-7-13/h3-10,21H,2H2,1H3/b15-9+. The molecule has 1 saturated heterocycles. The van der Waals surface area contributed by atoms with Gasteiger partial charge in [-0.1, -0.05) is 34.1 Å². The number of hydrogen-bond acceptors (Lipinski definition) is 5. The Morgan fingerprint density at radius 3 is 2.64 bits per heavy atom. The first kappa shape index (κ1) is 17.6. The van der Waals surface area contributed by atoms with E-state index in [0.29, 0.717) is 28.1 Å². The number of hydrogen-bond donors (Lipinski definition) is 1. The van der Waals surface area contributed by atoms with Gasteiger partial charge in [-0.15, -0.1) is 0 Å². The van der Waals surface area contributed by atoms with Gasteiger partial charge in [0.25, 0.3) is 11.1 Å². The van der Waals surface area contributed by atoms with Crippen molar-refractivity contribution >= 4 is 50.6 Å². The number of halogens is 1. The van der Waals surface area contributed by atoms with Gasteiger partial charge in [0.05, 0.1) is 17.2 Å². The number of para-hydroxylation sites is 1. The highest BCUT2D eigenvalue weighted by molar-refractivity contribution is 9.10. The van der Waals surface area contributed by atoms with Gasteiger partial charge in [-0.05, 0) is 49.0 Å². The molecule has 25 heavy (non-hydrogen) atoms. The number of carbonyl (C=O) groups excluding carboxylic acids is 2. The zero-order valence-electron chi connectivity index (χ0n) is 13.2. The van der Waals surface area contributed by atoms with Crippen LogP contribution in [0.3, 0.4) is 0 Å². The monoisotopic (exact) mass is 419 g/mol. The van der Waals surface area contributed by atoms with Crippen LogP contribution in [0.2, 0.25) is 0 Å². The fraction of sp³-hybridized carbons (Fsp3) is 0.111. The third-order valence-electron chi connectivity index (χ3n) is 3.46. The van der Waals surface area contributed by atoms with Gasteiger partial charge in [-0.3, -0.25) is 9.59 Å². The summed E-state index contributed by atoms with van der Waals surface area (Å²) in [5.41, 5.74) is 0.915. The molecule has 0 unspecified atom stereocenters. The first-order valence-corrected chi connectivity index (χ1v) is 9.10. The summed E-state index contributed by atoms with van der Waals surface area (Å²) >= 11 is 4.19. The summed E-state index contributed by atoms with van der Waals surface area (Å²) in [5, 5.41) is 9.96. The normalized spacial score (nSPS) is 15.9. The van der Waals surface area contributed by atoms with E-state index in [4.69, 9.17) is 4.74 Å². The van der Waals surface area contributed by atoms with Crippen molar-refractivity contribution in [3.05, 3.63) is 57.4 Å². The average molecular weight is 420 g/mol. The SMILES string of the molecule is CCOc1cc(Br)cc(/C=C2/SC(=O)N(c3ccccc3)C2=O)c1O. The predicted molar refractivity (Wildman–Crippen MR) is 102 cm³/mol. The van der Waals surface area contributed by atoms with Crippen molar-refractivity contribution in [3.63, 3.8) is 0 Å². The van der Waals surface area contributed by atoms with Crippen LogP contribution in [0, 0.1) is 0 Å². The fourth-order valence-corrected chi connectivity index (χ4v) is 3.67. The highest BCUT2D eigenvalue weighted by Crippen LogP contribution is 2.39. The molecule has 0 atom stereocenters. The zero-order chi connectivity index (χ0) is 18.0. The summed E-state index contributed by atoms with van der Waals surface area (Å²) < 4.78 is 6.08. The lowest BCUT2D eigenvalue weighted by atomic mass is 10.1.